The van der Waals surface area contributed by atoms with Crippen LogP contribution in [0.5, 0.6) is 0 Å². The number of likely N-dealkylation sites (tertiary alicyclic amines) is 1. The van der Waals surface area contributed by atoms with E-state index < -0.39 is 0 Å². The van der Waals surface area contributed by atoms with Gasteiger partial charge >= 0.3 is 0 Å². The second kappa shape index (κ2) is 9.47. The van der Waals surface area contributed by atoms with Crippen molar-refractivity contribution in [2.24, 2.45) is 0 Å². The van der Waals surface area contributed by atoms with Crippen LogP contribution in [0.4, 0.5) is 0 Å². The summed E-state index contributed by atoms with van der Waals surface area (Å²) < 4.78 is 0. The van der Waals surface area contributed by atoms with Crippen LogP contribution in [0.25, 0.3) is 11.3 Å². The summed E-state index contributed by atoms with van der Waals surface area (Å²) in [5.41, 5.74) is 4.12. The van der Waals surface area contributed by atoms with Crippen molar-refractivity contribution in [3.63, 3.8) is 0 Å². The van der Waals surface area contributed by atoms with Crippen molar-refractivity contribution in [1.29, 1.82) is 0 Å². The molecule has 2 aromatic carbocycles. The molecule has 6 heteroatoms. The molecule has 1 aromatic heterocycles. The predicted octanol–water partition coefficient (Wildman–Crippen LogP) is 3.10. The van der Waals surface area contributed by atoms with Gasteiger partial charge in [-0.3, -0.25) is 4.79 Å². The third-order valence-corrected chi connectivity index (χ3v) is 5.18. The van der Waals surface area contributed by atoms with Crippen LogP contribution in [0.15, 0.2) is 60.7 Å². The summed E-state index contributed by atoms with van der Waals surface area (Å²) in [6.07, 6.45) is 2.65. The Morgan fingerprint density at radius 1 is 0.966 bits per heavy atom. The molecule has 1 aliphatic rings. The Labute approximate surface area is 171 Å². The van der Waals surface area contributed by atoms with Crippen LogP contribution in [0.2, 0.25) is 0 Å². The SMILES string of the molecule is O=C1CCCN1CCCNCc1nn(Cc2ccccc2)nc1-c1ccccc1. The van der Waals surface area contributed by atoms with Crippen molar-refractivity contribution in [3.8, 4) is 11.3 Å². The Morgan fingerprint density at radius 3 is 2.45 bits per heavy atom. The second-order valence-electron chi connectivity index (χ2n) is 7.39. The van der Waals surface area contributed by atoms with Gasteiger partial charge in [-0.05, 0) is 24.9 Å². The molecule has 0 bridgehead atoms. The van der Waals surface area contributed by atoms with Crippen molar-refractivity contribution >= 4 is 5.91 Å². The first-order valence-corrected chi connectivity index (χ1v) is 10.3. The Kier molecular flexibility index (Phi) is 6.32. The summed E-state index contributed by atoms with van der Waals surface area (Å²) in [6.45, 7) is 3.90. The summed E-state index contributed by atoms with van der Waals surface area (Å²) in [4.78, 5) is 15.4. The maximum absolute atomic E-state index is 11.7. The molecule has 150 valence electrons. The lowest BCUT2D eigenvalue weighted by atomic mass is 10.1. The highest BCUT2D eigenvalue weighted by Crippen LogP contribution is 2.20. The van der Waals surface area contributed by atoms with Crippen LogP contribution < -0.4 is 5.32 Å². The zero-order valence-corrected chi connectivity index (χ0v) is 16.6. The van der Waals surface area contributed by atoms with E-state index in [0.29, 0.717) is 25.4 Å². The van der Waals surface area contributed by atoms with E-state index in [-0.39, 0.29) is 0 Å². The molecule has 0 spiro atoms. The first kappa shape index (κ1) is 19.3. The van der Waals surface area contributed by atoms with E-state index in [1.165, 1.54) is 5.56 Å². The molecule has 0 saturated carbocycles. The van der Waals surface area contributed by atoms with E-state index >= 15 is 0 Å². The average Bonchev–Trinajstić information content (AvgIpc) is 3.35. The number of hydrogen-bond acceptors (Lipinski definition) is 4. The third kappa shape index (κ3) is 5.09. The number of carbonyl (C=O) groups excluding carboxylic acids is 1. The Balaban J connectivity index is 1.39. The topological polar surface area (TPSA) is 63.1 Å². The van der Waals surface area contributed by atoms with Crippen molar-refractivity contribution in [3.05, 3.63) is 71.9 Å². The molecule has 1 fully saturated rings. The van der Waals surface area contributed by atoms with Gasteiger partial charge < -0.3 is 10.2 Å². The summed E-state index contributed by atoms with van der Waals surface area (Å²) in [6, 6.07) is 20.4. The summed E-state index contributed by atoms with van der Waals surface area (Å²) >= 11 is 0. The molecule has 1 saturated heterocycles. The molecule has 2 heterocycles. The highest BCUT2D eigenvalue weighted by atomic mass is 16.2. The molecule has 0 aliphatic carbocycles. The zero-order valence-electron chi connectivity index (χ0n) is 16.6. The highest BCUT2D eigenvalue weighted by Gasteiger charge is 2.19. The van der Waals surface area contributed by atoms with Gasteiger partial charge in [0.05, 0.1) is 6.54 Å². The minimum atomic E-state index is 0.292. The molecule has 29 heavy (non-hydrogen) atoms. The fraction of sp³-hybridized carbons (Fsp3) is 0.348. The Bertz CT molecular complexity index is 923. The van der Waals surface area contributed by atoms with Crippen molar-refractivity contribution in [2.75, 3.05) is 19.6 Å². The van der Waals surface area contributed by atoms with Gasteiger partial charge in [0.15, 0.2) is 0 Å². The number of aromatic nitrogens is 3. The monoisotopic (exact) mass is 389 g/mol. The molecule has 6 nitrogen and oxygen atoms in total. The Morgan fingerprint density at radius 2 is 1.72 bits per heavy atom. The predicted molar refractivity (Wildman–Crippen MR) is 113 cm³/mol. The standard InChI is InChI=1S/C23H27N5O/c29-22-13-7-15-27(22)16-8-14-24-17-21-23(20-11-5-2-6-12-20)26-28(25-21)18-19-9-3-1-4-10-19/h1-6,9-12,24H,7-8,13-18H2. The van der Waals surface area contributed by atoms with E-state index in [1.54, 1.807) is 4.80 Å². The minimum Gasteiger partial charge on any atom is -0.343 e. The number of hydrogen-bond donors (Lipinski definition) is 1. The van der Waals surface area contributed by atoms with Gasteiger partial charge in [0.2, 0.25) is 5.91 Å². The number of nitrogens with one attached hydrogen (secondary N) is 1. The van der Waals surface area contributed by atoms with Gasteiger partial charge in [-0.25, -0.2) is 0 Å². The molecule has 0 atom stereocenters. The van der Waals surface area contributed by atoms with E-state index in [9.17, 15) is 4.79 Å². The number of amides is 1. The van der Waals surface area contributed by atoms with Gasteiger partial charge in [-0.15, -0.1) is 0 Å². The molecule has 3 aromatic rings. The van der Waals surface area contributed by atoms with Gasteiger partial charge in [0.25, 0.3) is 0 Å². The molecular formula is C23H27N5O. The first-order chi connectivity index (χ1) is 14.3. The molecule has 1 amide bonds. The molecule has 4 rings (SSSR count). The maximum atomic E-state index is 11.7. The Hall–Kier alpha value is -2.99. The van der Waals surface area contributed by atoms with E-state index in [4.69, 9.17) is 10.2 Å². The summed E-state index contributed by atoms with van der Waals surface area (Å²) in [5.74, 6) is 0.292. The number of benzene rings is 2. The molecule has 0 radical (unpaired) electrons. The lowest BCUT2D eigenvalue weighted by Gasteiger charge is -2.15. The average molecular weight is 390 g/mol. The lowest BCUT2D eigenvalue weighted by Crippen LogP contribution is -2.28. The molecule has 1 aliphatic heterocycles. The van der Waals surface area contributed by atoms with E-state index in [2.05, 4.69) is 29.6 Å². The zero-order chi connectivity index (χ0) is 19.9. The minimum absolute atomic E-state index is 0.292. The van der Waals surface area contributed by atoms with Gasteiger partial charge in [-0.2, -0.15) is 15.0 Å². The molecular weight excluding hydrogens is 362 g/mol. The van der Waals surface area contributed by atoms with Crippen LogP contribution >= 0.6 is 0 Å². The van der Waals surface area contributed by atoms with E-state index in [1.807, 2.05) is 41.3 Å². The van der Waals surface area contributed by atoms with Gasteiger partial charge in [0.1, 0.15) is 11.4 Å². The molecule has 0 unspecified atom stereocenters. The van der Waals surface area contributed by atoms with Crippen molar-refractivity contribution in [2.45, 2.75) is 32.4 Å². The highest BCUT2D eigenvalue weighted by molar-refractivity contribution is 5.78. The largest absolute Gasteiger partial charge is 0.343 e. The fourth-order valence-corrected chi connectivity index (χ4v) is 3.68. The number of carbonyl (C=O) groups is 1. The smallest absolute Gasteiger partial charge is 0.222 e. The number of nitrogens with zero attached hydrogens (tertiary/aromatic N) is 4. The van der Waals surface area contributed by atoms with E-state index in [0.717, 1.165) is 49.4 Å². The first-order valence-electron chi connectivity index (χ1n) is 10.3. The van der Waals surface area contributed by atoms with Crippen LogP contribution in [0.1, 0.15) is 30.5 Å². The molecule has 1 N–H and O–H groups in total. The van der Waals surface area contributed by atoms with Gasteiger partial charge in [-0.1, -0.05) is 60.7 Å². The fourth-order valence-electron chi connectivity index (χ4n) is 3.68. The second-order valence-corrected chi connectivity index (χ2v) is 7.39. The maximum Gasteiger partial charge on any atom is 0.222 e. The third-order valence-electron chi connectivity index (χ3n) is 5.18. The summed E-state index contributed by atoms with van der Waals surface area (Å²) in [7, 11) is 0. The quantitative estimate of drug-likeness (QED) is 0.571. The van der Waals surface area contributed by atoms with Crippen molar-refractivity contribution in [1.82, 2.24) is 25.2 Å². The van der Waals surface area contributed by atoms with Gasteiger partial charge in [0, 0.05) is 31.6 Å². The normalized spacial score (nSPS) is 13.9. The van der Waals surface area contributed by atoms with Crippen molar-refractivity contribution < 1.29 is 4.79 Å². The van der Waals surface area contributed by atoms with Crippen LogP contribution in [0, 0.1) is 0 Å². The lowest BCUT2D eigenvalue weighted by molar-refractivity contribution is -0.127. The van der Waals surface area contributed by atoms with Crippen LogP contribution in [-0.2, 0) is 17.9 Å². The number of rotatable bonds is 9. The van der Waals surface area contributed by atoms with Crippen LogP contribution in [-0.4, -0.2) is 45.4 Å². The van der Waals surface area contributed by atoms with Crippen LogP contribution in [0.3, 0.4) is 0 Å². The summed E-state index contributed by atoms with van der Waals surface area (Å²) in [5, 5.41) is 13.0.